The van der Waals surface area contributed by atoms with Crippen molar-refractivity contribution in [1.29, 1.82) is 0 Å². The molecule has 9 heteroatoms. The lowest BCUT2D eigenvalue weighted by molar-refractivity contribution is 0.0393. The van der Waals surface area contributed by atoms with Gasteiger partial charge in [-0.3, -0.25) is 19.1 Å². The van der Waals surface area contributed by atoms with Crippen molar-refractivity contribution < 1.29 is 19.0 Å². The Labute approximate surface area is 239 Å². The first kappa shape index (κ1) is 28.2. The number of nitrogens with zero attached hydrogens (tertiary/aromatic N) is 4. The van der Waals surface area contributed by atoms with Crippen LogP contribution in [-0.4, -0.2) is 71.8 Å². The van der Waals surface area contributed by atoms with Gasteiger partial charge in [-0.2, -0.15) is 0 Å². The zero-order valence-corrected chi connectivity index (χ0v) is 24.2. The summed E-state index contributed by atoms with van der Waals surface area (Å²) in [5.41, 5.74) is 1.80. The van der Waals surface area contributed by atoms with Crippen molar-refractivity contribution >= 4 is 16.8 Å². The minimum atomic E-state index is -0.185. The largest absolute Gasteiger partial charge is 0.497 e. The Hall–Kier alpha value is -4.37. The van der Waals surface area contributed by atoms with E-state index in [2.05, 4.69) is 11.8 Å². The fourth-order valence-electron chi connectivity index (χ4n) is 5.44. The van der Waals surface area contributed by atoms with Gasteiger partial charge in [0.15, 0.2) is 0 Å². The van der Waals surface area contributed by atoms with E-state index in [-0.39, 0.29) is 23.6 Å². The molecular weight excluding hydrogens is 520 g/mol. The minimum Gasteiger partial charge on any atom is -0.497 e. The van der Waals surface area contributed by atoms with Gasteiger partial charge in [0.2, 0.25) is 0 Å². The summed E-state index contributed by atoms with van der Waals surface area (Å²) in [7, 11) is 3.14. The Morgan fingerprint density at radius 1 is 0.976 bits per heavy atom. The number of hydrogen-bond donors (Lipinski definition) is 0. The summed E-state index contributed by atoms with van der Waals surface area (Å²) < 4.78 is 18.0. The maximum Gasteiger partial charge on any atom is 0.266 e. The van der Waals surface area contributed by atoms with Gasteiger partial charge in [0.25, 0.3) is 11.5 Å². The molecule has 1 aliphatic heterocycles. The van der Waals surface area contributed by atoms with Gasteiger partial charge < -0.3 is 19.1 Å². The molecule has 2 atom stereocenters. The Kier molecular flexibility index (Phi) is 8.26. The Bertz CT molecular complexity index is 1580. The number of benzene rings is 3. The third-order valence-corrected chi connectivity index (χ3v) is 7.65. The Morgan fingerprint density at radius 2 is 1.66 bits per heavy atom. The molecule has 0 saturated carbocycles. The zero-order valence-electron chi connectivity index (χ0n) is 24.2. The van der Waals surface area contributed by atoms with Gasteiger partial charge in [-0.25, -0.2) is 4.98 Å². The topological polar surface area (TPSA) is 86.1 Å². The highest BCUT2D eigenvalue weighted by Gasteiger charge is 2.33. The first-order chi connectivity index (χ1) is 19.8. The molecule has 4 aromatic rings. The smallest absolute Gasteiger partial charge is 0.266 e. The van der Waals surface area contributed by atoms with E-state index in [1.54, 1.807) is 37.0 Å². The van der Waals surface area contributed by atoms with Crippen LogP contribution in [-0.2, 0) is 0 Å². The summed E-state index contributed by atoms with van der Waals surface area (Å²) in [5.74, 6) is 2.47. The fourth-order valence-corrected chi connectivity index (χ4v) is 5.44. The van der Waals surface area contributed by atoms with Crippen LogP contribution in [0.1, 0.15) is 43.0 Å². The monoisotopic (exact) mass is 556 g/mol. The summed E-state index contributed by atoms with van der Waals surface area (Å²) in [4.78, 5) is 36.5. The number of aromatic nitrogens is 2. The molecule has 1 aromatic heterocycles. The molecule has 1 aliphatic rings. The van der Waals surface area contributed by atoms with E-state index in [9.17, 15) is 9.59 Å². The molecule has 1 amide bonds. The van der Waals surface area contributed by atoms with Crippen LogP contribution in [0.2, 0.25) is 0 Å². The van der Waals surface area contributed by atoms with Crippen molar-refractivity contribution in [3.63, 3.8) is 0 Å². The maximum absolute atomic E-state index is 13.8. The number of rotatable bonds is 8. The molecule has 0 aliphatic carbocycles. The number of amides is 1. The standard InChI is InChI=1S/C32H36N4O5/c1-6-41-25-13-11-24(12-14-25)36-30(33-29-10-8-7-9-28(29)32(36)38)22(3)34-15-16-35(21(2)20-34)31(37)23-17-26(39-4)19-27(18-23)40-5/h7-14,17-19,21-22H,6,15-16,20H2,1-5H3. The number of methoxy groups -OCH3 is 2. The van der Waals surface area contributed by atoms with Crippen LogP contribution < -0.4 is 19.8 Å². The van der Waals surface area contributed by atoms with E-state index in [1.165, 1.54) is 0 Å². The lowest BCUT2D eigenvalue weighted by Gasteiger charge is -2.42. The van der Waals surface area contributed by atoms with E-state index in [0.717, 1.165) is 11.4 Å². The molecule has 3 aromatic carbocycles. The lowest BCUT2D eigenvalue weighted by atomic mass is 10.1. The average Bonchev–Trinajstić information content (AvgIpc) is 3.00. The van der Waals surface area contributed by atoms with E-state index < -0.39 is 0 Å². The number of ether oxygens (including phenoxy) is 3. The molecule has 0 radical (unpaired) electrons. The van der Waals surface area contributed by atoms with Crippen LogP contribution in [0, 0.1) is 0 Å². The van der Waals surface area contributed by atoms with Crippen LogP contribution in [0.5, 0.6) is 17.2 Å². The quantitative estimate of drug-likeness (QED) is 0.311. The highest BCUT2D eigenvalue weighted by Crippen LogP contribution is 2.28. The number of hydrogen-bond acceptors (Lipinski definition) is 7. The molecule has 5 rings (SSSR count). The van der Waals surface area contributed by atoms with Gasteiger partial charge in [0.05, 0.1) is 43.5 Å². The van der Waals surface area contributed by atoms with Crippen molar-refractivity contribution in [2.45, 2.75) is 32.9 Å². The van der Waals surface area contributed by atoms with Gasteiger partial charge in [-0.05, 0) is 69.3 Å². The second-order valence-electron chi connectivity index (χ2n) is 10.2. The number of carbonyl (C=O) groups excluding carboxylic acids is 1. The van der Waals surface area contributed by atoms with Crippen molar-refractivity contribution in [3.05, 3.63) is 88.5 Å². The molecule has 1 fully saturated rings. The van der Waals surface area contributed by atoms with Crippen molar-refractivity contribution in [1.82, 2.24) is 19.4 Å². The maximum atomic E-state index is 13.8. The second kappa shape index (κ2) is 12.0. The predicted molar refractivity (Wildman–Crippen MR) is 159 cm³/mol. The number of piperazine rings is 1. The number of para-hydroxylation sites is 1. The summed E-state index contributed by atoms with van der Waals surface area (Å²) in [6.45, 7) is 8.40. The molecule has 2 heterocycles. The molecule has 0 bridgehead atoms. The van der Waals surface area contributed by atoms with E-state index >= 15 is 0 Å². The van der Waals surface area contributed by atoms with Gasteiger partial charge in [0.1, 0.15) is 23.1 Å². The lowest BCUT2D eigenvalue weighted by Crippen LogP contribution is -2.54. The first-order valence-corrected chi connectivity index (χ1v) is 13.9. The van der Waals surface area contributed by atoms with Crippen LogP contribution >= 0.6 is 0 Å². The summed E-state index contributed by atoms with van der Waals surface area (Å²) in [6.07, 6.45) is 0. The van der Waals surface area contributed by atoms with Gasteiger partial charge >= 0.3 is 0 Å². The second-order valence-corrected chi connectivity index (χ2v) is 10.2. The SMILES string of the molecule is CCOc1ccc(-n2c(C(C)N3CCN(C(=O)c4cc(OC)cc(OC)c4)C(C)C3)nc3ccccc3c2=O)cc1. The first-order valence-electron chi connectivity index (χ1n) is 13.9. The Morgan fingerprint density at radius 3 is 2.29 bits per heavy atom. The zero-order chi connectivity index (χ0) is 29.1. The molecule has 0 N–H and O–H groups in total. The average molecular weight is 557 g/mol. The molecule has 2 unspecified atom stereocenters. The normalized spacial score (nSPS) is 16.4. The summed E-state index contributed by atoms with van der Waals surface area (Å²) in [6, 6.07) is 19.9. The third-order valence-electron chi connectivity index (χ3n) is 7.65. The van der Waals surface area contributed by atoms with Crippen LogP contribution in [0.15, 0.2) is 71.5 Å². The highest BCUT2D eigenvalue weighted by atomic mass is 16.5. The fraction of sp³-hybridized carbons (Fsp3) is 0.344. The van der Waals surface area contributed by atoms with Crippen LogP contribution in [0.25, 0.3) is 16.6 Å². The summed E-state index contributed by atoms with van der Waals surface area (Å²) >= 11 is 0. The van der Waals surface area contributed by atoms with Crippen molar-refractivity contribution in [3.8, 4) is 22.9 Å². The van der Waals surface area contributed by atoms with Crippen molar-refractivity contribution in [2.75, 3.05) is 40.5 Å². The van der Waals surface area contributed by atoms with Crippen LogP contribution in [0.4, 0.5) is 0 Å². The minimum absolute atomic E-state index is 0.0676. The molecule has 214 valence electrons. The highest BCUT2D eigenvalue weighted by molar-refractivity contribution is 5.95. The number of fused-ring (bicyclic) bond motifs is 1. The molecule has 9 nitrogen and oxygen atoms in total. The van der Waals surface area contributed by atoms with E-state index in [0.29, 0.717) is 60.0 Å². The molecule has 1 saturated heterocycles. The van der Waals surface area contributed by atoms with E-state index in [4.69, 9.17) is 19.2 Å². The van der Waals surface area contributed by atoms with Crippen molar-refractivity contribution in [2.24, 2.45) is 0 Å². The summed E-state index contributed by atoms with van der Waals surface area (Å²) in [5, 5.41) is 0.565. The van der Waals surface area contributed by atoms with E-state index in [1.807, 2.05) is 67.3 Å². The van der Waals surface area contributed by atoms with Crippen LogP contribution in [0.3, 0.4) is 0 Å². The molecular formula is C32H36N4O5. The predicted octanol–water partition coefficient (Wildman–Crippen LogP) is 4.71. The molecule has 0 spiro atoms. The molecule has 41 heavy (non-hydrogen) atoms. The van der Waals surface area contributed by atoms with Gasteiger partial charge in [-0.1, -0.05) is 12.1 Å². The number of carbonyl (C=O) groups is 1. The Balaban J connectivity index is 1.45. The van der Waals surface area contributed by atoms with Gasteiger partial charge in [0, 0.05) is 37.3 Å². The van der Waals surface area contributed by atoms with Gasteiger partial charge in [-0.15, -0.1) is 0 Å². The third kappa shape index (κ3) is 5.63.